The molecular formula is C16H19NO2S. The average Bonchev–Trinajstić information content (AvgIpc) is 2.78. The number of rotatable bonds is 4. The van der Waals surface area contributed by atoms with Crippen LogP contribution in [0, 0.1) is 13.8 Å². The van der Waals surface area contributed by atoms with Crippen molar-refractivity contribution < 1.29 is 9.53 Å². The highest BCUT2D eigenvalue weighted by molar-refractivity contribution is 7.14. The van der Waals surface area contributed by atoms with Crippen molar-refractivity contribution >= 4 is 17.2 Å². The van der Waals surface area contributed by atoms with E-state index in [1.165, 1.54) is 10.4 Å². The third-order valence-corrected chi connectivity index (χ3v) is 4.46. The molecule has 106 valence electrons. The Balaban J connectivity index is 2.15. The van der Waals surface area contributed by atoms with E-state index in [0.717, 1.165) is 16.2 Å². The molecule has 0 aliphatic heterocycles. The van der Waals surface area contributed by atoms with Crippen LogP contribution in [0.1, 0.15) is 25.7 Å². The topological polar surface area (TPSA) is 29.5 Å². The van der Waals surface area contributed by atoms with Gasteiger partial charge in [0.1, 0.15) is 5.75 Å². The second kappa shape index (κ2) is 6.09. The maximum absolute atomic E-state index is 12.4. The van der Waals surface area contributed by atoms with Crippen LogP contribution >= 0.6 is 11.3 Å². The summed E-state index contributed by atoms with van der Waals surface area (Å²) in [4.78, 5) is 16.1. The van der Waals surface area contributed by atoms with Crippen molar-refractivity contribution in [1.82, 2.24) is 4.90 Å². The first kappa shape index (κ1) is 14.6. The Labute approximate surface area is 123 Å². The van der Waals surface area contributed by atoms with E-state index in [1.807, 2.05) is 51.2 Å². The molecule has 2 rings (SSSR count). The molecule has 0 saturated heterocycles. The van der Waals surface area contributed by atoms with Gasteiger partial charge in [-0.15, -0.1) is 11.3 Å². The van der Waals surface area contributed by atoms with Crippen LogP contribution in [-0.4, -0.2) is 25.0 Å². The summed E-state index contributed by atoms with van der Waals surface area (Å²) in [7, 11) is 3.46. The summed E-state index contributed by atoms with van der Waals surface area (Å²) in [6, 6.07) is 9.73. The van der Waals surface area contributed by atoms with Crippen molar-refractivity contribution in [3.05, 3.63) is 51.2 Å². The predicted molar refractivity (Wildman–Crippen MR) is 82.6 cm³/mol. The molecule has 0 radical (unpaired) electrons. The minimum Gasteiger partial charge on any atom is -0.496 e. The molecule has 1 aromatic heterocycles. The lowest BCUT2D eigenvalue weighted by atomic mass is 10.2. The van der Waals surface area contributed by atoms with Gasteiger partial charge < -0.3 is 9.64 Å². The molecule has 1 heterocycles. The highest BCUT2D eigenvalue weighted by Crippen LogP contribution is 2.24. The van der Waals surface area contributed by atoms with Gasteiger partial charge in [0.25, 0.3) is 5.91 Å². The number of amides is 1. The standard InChI is InChI=1S/C16H19NO2S/c1-11-9-15(20-12(11)2)16(18)17(3)10-13-7-5-6-8-14(13)19-4/h5-9H,10H2,1-4H3. The Bertz CT molecular complexity index is 599. The van der Waals surface area contributed by atoms with E-state index >= 15 is 0 Å². The minimum absolute atomic E-state index is 0.0529. The molecule has 0 unspecified atom stereocenters. The van der Waals surface area contributed by atoms with Crippen molar-refractivity contribution in [2.24, 2.45) is 0 Å². The van der Waals surface area contributed by atoms with Crippen LogP contribution in [0.2, 0.25) is 0 Å². The smallest absolute Gasteiger partial charge is 0.263 e. The molecule has 0 atom stereocenters. The number of para-hydroxylation sites is 1. The van der Waals surface area contributed by atoms with Crippen LogP contribution in [0.3, 0.4) is 0 Å². The quantitative estimate of drug-likeness (QED) is 0.860. The van der Waals surface area contributed by atoms with Gasteiger partial charge in [-0.05, 0) is 31.5 Å². The lowest BCUT2D eigenvalue weighted by Crippen LogP contribution is -2.25. The van der Waals surface area contributed by atoms with E-state index in [9.17, 15) is 4.79 Å². The summed E-state index contributed by atoms with van der Waals surface area (Å²) in [5, 5.41) is 0. The van der Waals surface area contributed by atoms with E-state index in [-0.39, 0.29) is 5.91 Å². The second-order valence-corrected chi connectivity index (χ2v) is 6.08. The van der Waals surface area contributed by atoms with Crippen LogP contribution in [0.4, 0.5) is 0 Å². The van der Waals surface area contributed by atoms with Gasteiger partial charge in [0.05, 0.1) is 12.0 Å². The maximum Gasteiger partial charge on any atom is 0.263 e. The zero-order valence-corrected chi connectivity index (χ0v) is 13.1. The number of hydrogen-bond acceptors (Lipinski definition) is 3. The van der Waals surface area contributed by atoms with E-state index in [0.29, 0.717) is 6.54 Å². The molecule has 0 N–H and O–H groups in total. The Kier molecular flexibility index (Phi) is 4.45. The number of benzene rings is 1. The van der Waals surface area contributed by atoms with E-state index in [4.69, 9.17) is 4.74 Å². The maximum atomic E-state index is 12.4. The molecule has 1 amide bonds. The summed E-state index contributed by atoms with van der Waals surface area (Å²) in [5.41, 5.74) is 2.18. The molecule has 0 aliphatic rings. The summed E-state index contributed by atoms with van der Waals surface area (Å²) < 4.78 is 5.32. The van der Waals surface area contributed by atoms with E-state index in [1.54, 1.807) is 23.3 Å². The number of aryl methyl sites for hydroxylation is 2. The van der Waals surface area contributed by atoms with E-state index < -0.39 is 0 Å². The molecular weight excluding hydrogens is 270 g/mol. The SMILES string of the molecule is COc1ccccc1CN(C)C(=O)c1cc(C)c(C)s1. The van der Waals surface area contributed by atoms with E-state index in [2.05, 4.69) is 0 Å². The van der Waals surface area contributed by atoms with Crippen LogP contribution in [0.15, 0.2) is 30.3 Å². The fourth-order valence-electron chi connectivity index (χ4n) is 2.03. The van der Waals surface area contributed by atoms with Crippen molar-refractivity contribution in [3.8, 4) is 5.75 Å². The Morgan fingerprint density at radius 2 is 2.00 bits per heavy atom. The van der Waals surface area contributed by atoms with Crippen molar-refractivity contribution in [2.75, 3.05) is 14.2 Å². The van der Waals surface area contributed by atoms with Gasteiger partial charge in [-0.2, -0.15) is 0 Å². The van der Waals surface area contributed by atoms with Gasteiger partial charge in [0.2, 0.25) is 0 Å². The minimum atomic E-state index is 0.0529. The third-order valence-electron chi connectivity index (χ3n) is 3.32. The summed E-state index contributed by atoms with van der Waals surface area (Å²) in [6.07, 6.45) is 0. The van der Waals surface area contributed by atoms with Gasteiger partial charge in [0, 0.05) is 24.0 Å². The van der Waals surface area contributed by atoms with Gasteiger partial charge in [-0.3, -0.25) is 4.79 Å². The predicted octanol–water partition coefficient (Wildman–Crippen LogP) is 3.65. The first-order chi connectivity index (χ1) is 9.52. The molecule has 0 aliphatic carbocycles. The fourth-order valence-corrected chi connectivity index (χ4v) is 3.06. The number of carbonyl (C=O) groups excluding carboxylic acids is 1. The zero-order valence-electron chi connectivity index (χ0n) is 12.3. The lowest BCUT2D eigenvalue weighted by molar-refractivity contribution is 0.0789. The number of ether oxygens (including phenoxy) is 1. The van der Waals surface area contributed by atoms with Crippen molar-refractivity contribution in [3.63, 3.8) is 0 Å². The Morgan fingerprint density at radius 3 is 2.60 bits per heavy atom. The molecule has 20 heavy (non-hydrogen) atoms. The van der Waals surface area contributed by atoms with Crippen LogP contribution < -0.4 is 4.74 Å². The summed E-state index contributed by atoms with van der Waals surface area (Å²) in [6.45, 7) is 4.61. The second-order valence-electron chi connectivity index (χ2n) is 4.82. The van der Waals surface area contributed by atoms with Gasteiger partial charge in [-0.1, -0.05) is 18.2 Å². The lowest BCUT2D eigenvalue weighted by Gasteiger charge is -2.18. The highest BCUT2D eigenvalue weighted by atomic mass is 32.1. The van der Waals surface area contributed by atoms with Gasteiger partial charge >= 0.3 is 0 Å². The van der Waals surface area contributed by atoms with Crippen molar-refractivity contribution in [2.45, 2.75) is 20.4 Å². The number of methoxy groups -OCH3 is 1. The molecule has 1 aromatic carbocycles. The molecule has 0 fully saturated rings. The summed E-state index contributed by atoms with van der Waals surface area (Å²) in [5.74, 6) is 0.864. The first-order valence-electron chi connectivity index (χ1n) is 6.47. The van der Waals surface area contributed by atoms with Gasteiger partial charge in [-0.25, -0.2) is 0 Å². The highest BCUT2D eigenvalue weighted by Gasteiger charge is 2.16. The molecule has 0 spiro atoms. The Morgan fingerprint density at radius 1 is 1.30 bits per heavy atom. The van der Waals surface area contributed by atoms with Crippen LogP contribution in [0.25, 0.3) is 0 Å². The molecule has 3 nitrogen and oxygen atoms in total. The fraction of sp³-hybridized carbons (Fsp3) is 0.312. The number of carbonyl (C=O) groups is 1. The molecule has 2 aromatic rings. The van der Waals surface area contributed by atoms with Crippen molar-refractivity contribution in [1.29, 1.82) is 0 Å². The largest absolute Gasteiger partial charge is 0.496 e. The van der Waals surface area contributed by atoms with Gasteiger partial charge in [0.15, 0.2) is 0 Å². The third kappa shape index (κ3) is 3.02. The van der Waals surface area contributed by atoms with Crippen LogP contribution in [-0.2, 0) is 6.54 Å². The molecule has 4 heteroatoms. The Hall–Kier alpha value is -1.81. The number of thiophene rings is 1. The van der Waals surface area contributed by atoms with Crippen LogP contribution in [0.5, 0.6) is 5.75 Å². The number of nitrogens with zero attached hydrogens (tertiary/aromatic N) is 1. The molecule has 0 bridgehead atoms. The average molecular weight is 289 g/mol. The summed E-state index contributed by atoms with van der Waals surface area (Å²) >= 11 is 1.55. The number of hydrogen-bond donors (Lipinski definition) is 0. The zero-order chi connectivity index (χ0) is 14.7. The monoisotopic (exact) mass is 289 g/mol. The molecule has 0 saturated carbocycles. The normalized spacial score (nSPS) is 10.4. The first-order valence-corrected chi connectivity index (χ1v) is 7.29.